The van der Waals surface area contributed by atoms with E-state index >= 15 is 0 Å². The molecule has 1 aromatic heterocycles. The number of amides is 1. The maximum atomic E-state index is 11.4. The fraction of sp³-hybridized carbons (Fsp3) is 0.375. The van der Waals surface area contributed by atoms with Crippen LogP contribution in [-0.2, 0) is 11.2 Å². The van der Waals surface area contributed by atoms with E-state index in [-0.39, 0.29) is 11.8 Å². The lowest BCUT2D eigenvalue weighted by molar-refractivity contribution is 0.0950. The third-order valence-corrected chi connectivity index (χ3v) is 3.04. The molecule has 1 aliphatic heterocycles. The second-order valence-corrected chi connectivity index (χ2v) is 3.83. The smallest absolute Gasteiger partial charge is 0.263 e. The van der Waals surface area contributed by atoms with Crippen molar-refractivity contribution < 1.29 is 9.53 Å². The quantitative estimate of drug-likeness (QED) is 0.521. The number of nitrogens with zero attached hydrogens (tertiary/aromatic N) is 1. The van der Waals surface area contributed by atoms with Gasteiger partial charge in [-0.2, -0.15) is 0 Å². The van der Waals surface area contributed by atoms with Crippen LogP contribution in [0.2, 0.25) is 0 Å². The molecule has 0 spiro atoms. The molecule has 2 heterocycles. The third kappa shape index (κ3) is 1.37. The molecule has 74 valence electrons. The molecular formula is C8H9N3O2S. The summed E-state index contributed by atoms with van der Waals surface area (Å²) >= 11 is 1.20. The van der Waals surface area contributed by atoms with Crippen LogP contribution in [0.4, 0.5) is 0 Å². The van der Waals surface area contributed by atoms with E-state index < -0.39 is 0 Å². The summed E-state index contributed by atoms with van der Waals surface area (Å²) in [5, 5.41) is 10.6. The number of carbonyl (C=O) groups excluding carboxylic acids is 1. The van der Waals surface area contributed by atoms with Crippen molar-refractivity contribution in [1.82, 2.24) is 10.3 Å². The van der Waals surface area contributed by atoms with Gasteiger partial charge in [-0.25, -0.2) is 4.98 Å². The number of aromatic nitrogens is 1. The van der Waals surface area contributed by atoms with E-state index in [4.69, 9.17) is 10.1 Å². The zero-order chi connectivity index (χ0) is 10.1. The molecule has 0 fully saturated rings. The number of ether oxygens (including phenoxy) is 1. The van der Waals surface area contributed by atoms with Crippen LogP contribution in [0.15, 0.2) is 0 Å². The Bertz CT molecular complexity index is 399. The Labute approximate surface area is 84.6 Å². The van der Waals surface area contributed by atoms with Gasteiger partial charge in [0.05, 0.1) is 12.8 Å². The van der Waals surface area contributed by atoms with Gasteiger partial charge in [-0.1, -0.05) is 0 Å². The van der Waals surface area contributed by atoms with Crippen LogP contribution in [0.1, 0.15) is 20.4 Å². The van der Waals surface area contributed by atoms with E-state index in [0.29, 0.717) is 16.4 Å². The topological polar surface area (TPSA) is 75.1 Å². The number of hydrogen-bond acceptors (Lipinski definition) is 5. The first kappa shape index (κ1) is 9.14. The Morgan fingerprint density at radius 3 is 3.14 bits per heavy atom. The molecule has 0 saturated carbocycles. The van der Waals surface area contributed by atoms with E-state index in [1.54, 1.807) is 0 Å². The van der Waals surface area contributed by atoms with Crippen LogP contribution in [-0.4, -0.2) is 30.4 Å². The molecule has 0 radical (unpaired) electrons. The van der Waals surface area contributed by atoms with Gasteiger partial charge in [0, 0.05) is 13.0 Å². The highest BCUT2D eigenvalue weighted by atomic mass is 32.1. The van der Waals surface area contributed by atoms with Gasteiger partial charge in [0.15, 0.2) is 5.01 Å². The normalized spacial score (nSPS) is 14.5. The summed E-state index contributed by atoms with van der Waals surface area (Å²) in [6.07, 6.45) is 0.731. The number of thiazole rings is 1. The molecule has 0 aliphatic carbocycles. The molecule has 0 atom stereocenters. The van der Waals surface area contributed by atoms with Crippen molar-refractivity contribution >= 4 is 23.1 Å². The minimum atomic E-state index is -0.0982. The Kier molecular flexibility index (Phi) is 2.20. The molecule has 1 amide bonds. The molecule has 14 heavy (non-hydrogen) atoms. The van der Waals surface area contributed by atoms with Crippen molar-refractivity contribution in [2.45, 2.75) is 6.42 Å². The standard InChI is InChI=1S/C8H9N3O2S/c1-13-6(9)8-11-4-2-3-10-7(12)5(4)14-8/h9H,2-3H2,1H3,(H,10,12). The summed E-state index contributed by atoms with van der Waals surface area (Å²) in [4.78, 5) is 16.1. The summed E-state index contributed by atoms with van der Waals surface area (Å²) in [6.45, 7) is 0.620. The number of rotatable bonds is 1. The van der Waals surface area contributed by atoms with Crippen LogP contribution < -0.4 is 5.32 Å². The van der Waals surface area contributed by atoms with Gasteiger partial charge >= 0.3 is 0 Å². The van der Waals surface area contributed by atoms with E-state index in [9.17, 15) is 4.79 Å². The van der Waals surface area contributed by atoms with Crippen LogP contribution in [0.3, 0.4) is 0 Å². The van der Waals surface area contributed by atoms with Crippen LogP contribution >= 0.6 is 11.3 Å². The lowest BCUT2D eigenvalue weighted by Crippen LogP contribution is -2.30. The second-order valence-electron chi connectivity index (χ2n) is 2.83. The van der Waals surface area contributed by atoms with Crippen molar-refractivity contribution in [1.29, 1.82) is 5.41 Å². The minimum absolute atomic E-state index is 0.0113. The first-order valence-electron chi connectivity index (χ1n) is 4.13. The highest BCUT2D eigenvalue weighted by Gasteiger charge is 2.23. The molecule has 6 heteroatoms. The van der Waals surface area contributed by atoms with Gasteiger partial charge in [0.1, 0.15) is 4.88 Å². The van der Waals surface area contributed by atoms with Crippen molar-refractivity contribution in [3.05, 3.63) is 15.6 Å². The SMILES string of the molecule is COC(=N)c1nc2c(s1)C(=O)NCC2. The zero-order valence-corrected chi connectivity index (χ0v) is 8.40. The summed E-state index contributed by atoms with van der Waals surface area (Å²) in [5.41, 5.74) is 0.774. The first-order chi connectivity index (χ1) is 6.72. The van der Waals surface area contributed by atoms with Crippen molar-refractivity contribution in [3.8, 4) is 0 Å². The van der Waals surface area contributed by atoms with Crippen molar-refractivity contribution in [2.75, 3.05) is 13.7 Å². The summed E-state index contributed by atoms with van der Waals surface area (Å²) in [5.74, 6) is -0.0869. The monoisotopic (exact) mass is 211 g/mol. The summed E-state index contributed by atoms with van der Waals surface area (Å²) < 4.78 is 4.75. The van der Waals surface area contributed by atoms with Crippen LogP contribution in [0, 0.1) is 5.41 Å². The lowest BCUT2D eigenvalue weighted by Gasteiger charge is -2.09. The van der Waals surface area contributed by atoms with Crippen LogP contribution in [0.25, 0.3) is 0 Å². The van der Waals surface area contributed by atoms with E-state index in [1.807, 2.05) is 0 Å². The average molecular weight is 211 g/mol. The predicted octanol–water partition coefficient (Wildman–Crippen LogP) is 0.401. The summed E-state index contributed by atoms with van der Waals surface area (Å²) in [7, 11) is 1.42. The zero-order valence-electron chi connectivity index (χ0n) is 7.59. The van der Waals surface area contributed by atoms with Gasteiger partial charge in [-0.05, 0) is 0 Å². The van der Waals surface area contributed by atoms with Crippen molar-refractivity contribution in [2.24, 2.45) is 0 Å². The van der Waals surface area contributed by atoms with Crippen LogP contribution in [0.5, 0.6) is 0 Å². The van der Waals surface area contributed by atoms with E-state index in [2.05, 4.69) is 10.3 Å². The van der Waals surface area contributed by atoms with Gasteiger partial charge < -0.3 is 10.1 Å². The van der Waals surface area contributed by atoms with E-state index in [1.165, 1.54) is 18.4 Å². The third-order valence-electron chi connectivity index (χ3n) is 1.95. The largest absolute Gasteiger partial charge is 0.479 e. The molecule has 0 bridgehead atoms. The molecule has 2 rings (SSSR count). The Morgan fingerprint density at radius 2 is 2.50 bits per heavy atom. The first-order valence-corrected chi connectivity index (χ1v) is 4.95. The molecular weight excluding hydrogens is 202 g/mol. The number of nitrogens with one attached hydrogen (secondary N) is 2. The fourth-order valence-electron chi connectivity index (χ4n) is 1.26. The molecule has 1 aromatic rings. The van der Waals surface area contributed by atoms with Crippen molar-refractivity contribution in [3.63, 3.8) is 0 Å². The van der Waals surface area contributed by atoms with Gasteiger partial charge in [0.2, 0.25) is 5.90 Å². The molecule has 2 N–H and O–H groups in total. The predicted molar refractivity (Wildman–Crippen MR) is 52.0 cm³/mol. The molecule has 1 aliphatic rings. The Hall–Kier alpha value is -1.43. The Morgan fingerprint density at radius 1 is 1.71 bits per heavy atom. The summed E-state index contributed by atoms with van der Waals surface area (Å²) in [6, 6.07) is 0. The average Bonchev–Trinajstić information content (AvgIpc) is 2.62. The van der Waals surface area contributed by atoms with E-state index in [0.717, 1.165) is 12.1 Å². The van der Waals surface area contributed by atoms with Gasteiger partial charge in [-0.3, -0.25) is 10.2 Å². The molecule has 0 unspecified atom stereocenters. The molecule has 0 saturated heterocycles. The van der Waals surface area contributed by atoms with Gasteiger partial charge in [0.25, 0.3) is 5.91 Å². The molecule has 0 aromatic carbocycles. The number of fused-ring (bicyclic) bond motifs is 1. The highest BCUT2D eigenvalue weighted by molar-refractivity contribution is 7.15. The number of methoxy groups -OCH3 is 1. The lowest BCUT2D eigenvalue weighted by atomic mass is 10.2. The second kappa shape index (κ2) is 3.38. The maximum Gasteiger partial charge on any atom is 0.263 e. The number of hydrogen-bond donors (Lipinski definition) is 2. The Balaban J connectivity index is 2.40. The number of carbonyl (C=O) groups is 1. The van der Waals surface area contributed by atoms with Gasteiger partial charge in [-0.15, -0.1) is 11.3 Å². The fourth-order valence-corrected chi connectivity index (χ4v) is 2.21. The maximum absolute atomic E-state index is 11.4. The minimum Gasteiger partial charge on any atom is -0.479 e. The highest BCUT2D eigenvalue weighted by Crippen LogP contribution is 2.21. The molecule has 5 nitrogen and oxygen atoms in total.